The van der Waals surface area contributed by atoms with Crippen LogP contribution in [0.1, 0.15) is 18.9 Å². The summed E-state index contributed by atoms with van der Waals surface area (Å²) < 4.78 is 5.56. The zero-order chi connectivity index (χ0) is 18.4. The molecular formula is C16H17N3O4S2. The van der Waals surface area contributed by atoms with Crippen molar-refractivity contribution in [3.63, 3.8) is 0 Å². The summed E-state index contributed by atoms with van der Waals surface area (Å²) in [6, 6.07) is 7.32. The van der Waals surface area contributed by atoms with Crippen molar-refractivity contribution in [2.24, 2.45) is 0 Å². The zero-order valence-corrected chi connectivity index (χ0v) is 15.3. The fourth-order valence-corrected chi connectivity index (χ4v) is 3.32. The summed E-state index contributed by atoms with van der Waals surface area (Å²) in [5, 5.41) is 0. The predicted molar refractivity (Wildman–Crippen MR) is 99.4 cm³/mol. The van der Waals surface area contributed by atoms with Crippen molar-refractivity contribution in [3.05, 3.63) is 34.7 Å². The second kappa shape index (κ2) is 8.63. The van der Waals surface area contributed by atoms with Crippen LogP contribution in [0.15, 0.2) is 29.2 Å². The molecular weight excluding hydrogens is 362 g/mol. The van der Waals surface area contributed by atoms with Gasteiger partial charge < -0.3 is 4.74 Å². The number of hydrogen-bond donors (Lipinski definition) is 2. The number of thioether (sulfide) groups is 1. The Kier molecular flexibility index (Phi) is 6.54. The zero-order valence-electron chi connectivity index (χ0n) is 13.7. The van der Waals surface area contributed by atoms with Crippen LogP contribution in [0.3, 0.4) is 0 Å². The molecule has 7 nitrogen and oxygen atoms in total. The average molecular weight is 379 g/mol. The molecule has 1 aromatic rings. The Bertz CT molecular complexity index is 749. The maximum Gasteiger partial charge on any atom is 0.266 e. The summed E-state index contributed by atoms with van der Waals surface area (Å²) in [4.78, 5) is 36.7. The Morgan fingerprint density at radius 2 is 2.12 bits per heavy atom. The topological polar surface area (TPSA) is 87.7 Å². The van der Waals surface area contributed by atoms with Crippen molar-refractivity contribution in [1.29, 1.82) is 0 Å². The minimum Gasteiger partial charge on any atom is -0.497 e. The normalized spacial score (nSPS) is 15.4. The van der Waals surface area contributed by atoms with Gasteiger partial charge in [-0.2, -0.15) is 0 Å². The number of nitrogens with one attached hydrogen (secondary N) is 2. The lowest BCUT2D eigenvalue weighted by Gasteiger charge is -2.14. The van der Waals surface area contributed by atoms with E-state index in [1.807, 2.05) is 24.3 Å². The Balaban J connectivity index is 2.00. The first kappa shape index (κ1) is 18.9. The Morgan fingerprint density at radius 3 is 2.80 bits per heavy atom. The number of amides is 3. The van der Waals surface area contributed by atoms with Gasteiger partial charge in [-0.15, -0.1) is 0 Å². The number of benzene rings is 1. The lowest BCUT2D eigenvalue weighted by molar-refractivity contribution is -0.128. The third kappa shape index (κ3) is 5.30. The van der Waals surface area contributed by atoms with E-state index in [0.29, 0.717) is 15.0 Å². The van der Waals surface area contributed by atoms with Crippen molar-refractivity contribution in [3.8, 4) is 5.75 Å². The first-order chi connectivity index (χ1) is 11.9. The Hall–Kier alpha value is -2.39. The van der Waals surface area contributed by atoms with E-state index in [-0.39, 0.29) is 24.8 Å². The maximum absolute atomic E-state index is 12.5. The van der Waals surface area contributed by atoms with Gasteiger partial charge in [-0.05, 0) is 23.8 Å². The number of carbonyl (C=O) groups is 3. The van der Waals surface area contributed by atoms with E-state index in [1.54, 1.807) is 13.2 Å². The Morgan fingerprint density at radius 1 is 1.36 bits per heavy atom. The third-order valence-electron chi connectivity index (χ3n) is 3.21. The second-order valence-corrected chi connectivity index (χ2v) is 6.77. The van der Waals surface area contributed by atoms with E-state index < -0.39 is 5.91 Å². The van der Waals surface area contributed by atoms with Crippen LogP contribution in [0.25, 0.3) is 6.08 Å². The standard InChI is InChI=1S/C16H17N3O4S2/c1-10(20)17-18-14(21)6-7-19-15(22)13(25-16(19)24)9-11-4-3-5-12(8-11)23-2/h3-5,8-9H,6-7H2,1-2H3,(H,17,20)(H,18,21). The molecule has 0 unspecified atom stereocenters. The van der Waals surface area contributed by atoms with Gasteiger partial charge in [0.15, 0.2) is 0 Å². The van der Waals surface area contributed by atoms with Crippen LogP contribution >= 0.6 is 24.0 Å². The molecule has 25 heavy (non-hydrogen) atoms. The summed E-state index contributed by atoms with van der Waals surface area (Å²) in [7, 11) is 1.57. The van der Waals surface area contributed by atoms with Gasteiger partial charge in [-0.3, -0.25) is 30.1 Å². The third-order valence-corrected chi connectivity index (χ3v) is 4.58. The molecule has 1 aliphatic rings. The molecule has 0 spiro atoms. The van der Waals surface area contributed by atoms with Crippen LogP contribution < -0.4 is 15.6 Å². The molecule has 3 amide bonds. The fourth-order valence-electron chi connectivity index (χ4n) is 2.01. The highest BCUT2D eigenvalue weighted by molar-refractivity contribution is 8.26. The van der Waals surface area contributed by atoms with E-state index in [1.165, 1.54) is 23.6 Å². The van der Waals surface area contributed by atoms with Gasteiger partial charge in [0.1, 0.15) is 10.1 Å². The molecule has 1 aliphatic heterocycles. The molecule has 0 atom stereocenters. The quantitative estimate of drug-likeness (QED) is 0.457. The number of carbonyl (C=O) groups excluding carboxylic acids is 3. The van der Waals surface area contributed by atoms with Crippen molar-refractivity contribution in [1.82, 2.24) is 15.8 Å². The maximum atomic E-state index is 12.5. The van der Waals surface area contributed by atoms with Crippen molar-refractivity contribution in [2.75, 3.05) is 13.7 Å². The number of ether oxygens (including phenoxy) is 1. The molecule has 0 saturated carbocycles. The first-order valence-electron chi connectivity index (χ1n) is 7.35. The number of methoxy groups -OCH3 is 1. The van der Waals surface area contributed by atoms with E-state index >= 15 is 0 Å². The number of rotatable bonds is 5. The van der Waals surface area contributed by atoms with E-state index in [4.69, 9.17) is 17.0 Å². The van der Waals surface area contributed by atoms with E-state index in [0.717, 1.165) is 5.56 Å². The summed E-state index contributed by atoms with van der Waals surface area (Å²) >= 11 is 6.41. The molecule has 0 aliphatic carbocycles. The molecule has 1 fully saturated rings. The first-order valence-corrected chi connectivity index (χ1v) is 8.58. The molecule has 0 radical (unpaired) electrons. The number of nitrogens with zero attached hydrogens (tertiary/aromatic N) is 1. The van der Waals surface area contributed by atoms with E-state index in [9.17, 15) is 14.4 Å². The minimum atomic E-state index is -0.402. The number of hydrogen-bond acceptors (Lipinski definition) is 6. The monoisotopic (exact) mass is 379 g/mol. The number of thiocarbonyl (C=S) groups is 1. The lowest BCUT2D eigenvalue weighted by Crippen LogP contribution is -2.42. The van der Waals surface area contributed by atoms with Gasteiger partial charge in [0.05, 0.1) is 12.0 Å². The molecule has 1 aromatic carbocycles. The molecule has 2 N–H and O–H groups in total. The molecule has 0 aromatic heterocycles. The lowest BCUT2D eigenvalue weighted by atomic mass is 10.2. The van der Waals surface area contributed by atoms with Crippen LogP contribution in [0, 0.1) is 0 Å². The molecule has 9 heteroatoms. The van der Waals surface area contributed by atoms with Crippen molar-refractivity contribution < 1.29 is 19.1 Å². The summed E-state index contributed by atoms with van der Waals surface area (Å²) in [5.74, 6) is -0.328. The molecule has 1 saturated heterocycles. The summed E-state index contributed by atoms with van der Waals surface area (Å²) in [6.45, 7) is 1.43. The van der Waals surface area contributed by atoms with Gasteiger partial charge in [-0.25, -0.2) is 0 Å². The second-order valence-electron chi connectivity index (χ2n) is 5.09. The number of hydrazine groups is 1. The highest BCUT2D eigenvalue weighted by Gasteiger charge is 2.32. The fraction of sp³-hybridized carbons (Fsp3) is 0.250. The highest BCUT2D eigenvalue weighted by atomic mass is 32.2. The van der Waals surface area contributed by atoms with Gasteiger partial charge in [0.25, 0.3) is 5.91 Å². The van der Waals surface area contributed by atoms with Crippen molar-refractivity contribution in [2.45, 2.75) is 13.3 Å². The largest absolute Gasteiger partial charge is 0.497 e. The van der Waals surface area contributed by atoms with Gasteiger partial charge in [-0.1, -0.05) is 36.1 Å². The SMILES string of the molecule is COc1cccc(C=C2SC(=S)N(CCC(=O)NNC(C)=O)C2=O)c1. The molecule has 0 bridgehead atoms. The van der Waals surface area contributed by atoms with Crippen LogP contribution in [0.2, 0.25) is 0 Å². The molecule has 2 rings (SSSR count). The molecule has 1 heterocycles. The van der Waals surface area contributed by atoms with Gasteiger partial charge in [0.2, 0.25) is 11.8 Å². The van der Waals surface area contributed by atoms with Gasteiger partial charge >= 0.3 is 0 Å². The summed E-state index contributed by atoms with van der Waals surface area (Å²) in [5.41, 5.74) is 5.26. The van der Waals surface area contributed by atoms with Crippen LogP contribution in [0.5, 0.6) is 5.75 Å². The van der Waals surface area contributed by atoms with Gasteiger partial charge in [0, 0.05) is 19.9 Å². The van der Waals surface area contributed by atoms with Crippen LogP contribution in [-0.2, 0) is 14.4 Å². The Labute approximate surface area is 154 Å². The van der Waals surface area contributed by atoms with Crippen LogP contribution in [0.4, 0.5) is 0 Å². The summed E-state index contributed by atoms with van der Waals surface area (Å²) in [6.07, 6.45) is 1.76. The predicted octanol–water partition coefficient (Wildman–Crippen LogP) is 1.45. The van der Waals surface area contributed by atoms with E-state index in [2.05, 4.69) is 10.9 Å². The van der Waals surface area contributed by atoms with Crippen LogP contribution in [-0.4, -0.2) is 40.6 Å². The van der Waals surface area contributed by atoms with Crippen molar-refractivity contribution >= 4 is 52.1 Å². The highest BCUT2D eigenvalue weighted by Crippen LogP contribution is 2.32. The average Bonchev–Trinajstić information content (AvgIpc) is 2.84. The smallest absolute Gasteiger partial charge is 0.266 e. The minimum absolute atomic E-state index is 0.0269. The molecule has 132 valence electrons.